The minimum atomic E-state index is -0.358. The molecule has 30 heavy (non-hydrogen) atoms. The smallest absolute Gasteiger partial charge is 0.255 e. The summed E-state index contributed by atoms with van der Waals surface area (Å²) in [6.45, 7) is 0.510. The normalized spacial score (nSPS) is 10.9. The third-order valence-electron chi connectivity index (χ3n) is 4.88. The lowest BCUT2D eigenvalue weighted by atomic mass is 10.2. The highest BCUT2D eigenvalue weighted by atomic mass is 19.1. The summed E-state index contributed by atoms with van der Waals surface area (Å²) in [6.07, 6.45) is 3.10. The summed E-state index contributed by atoms with van der Waals surface area (Å²) in [5, 5.41) is 5.94. The second kappa shape index (κ2) is 8.73. The van der Waals surface area contributed by atoms with Crippen LogP contribution in [0.25, 0.3) is 11.0 Å². The van der Waals surface area contributed by atoms with E-state index >= 15 is 0 Å². The molecule has 0 saturated heterocycles. The van der Waals surface area contributed by atoms with Crippen LogP contribution in [0, 0.1) is 5.82 Å². The Morgan fingerprint density at radius 1 is 1.10 bits per heavy atom. The van der Waals surface area contributed by atoms with E-state index in [0.29, 0.717) is 23.6 Å². The minimum Gasteiger partial charge on any atom is -0.352 e. The summed E-state index contributed by atoms with van der Waals surface area (Å²) in [5.41, 5.74) is 3.01. The topological polar surface area (TPSA) is 71.8 Å². The first kappa shape index (κ1) is 19.6. The fourth-order valence-corrected chi connectivity index (χ4v) is 3.35. The zero-order valence-corrected chi connectivity index (χ0v) is 16.6. The van der Waals surface area contributed by atoms with Crippen molar-refractivity contribution in [1.82, 2.24) is 19.9 Å². The molecular weight excluding hydrogens is 381 g/mol. The van der Waals surface area contributed by atoms with E-state index in [1.165, 1.54) is 12.1 Å². The zero-order valence-electron chi connectivity index (χ0n) is 16.6. The van der Waals surface area contributed by atoms with Crippen LogP contribution in [0.1, 0.15) is 22.6 Å². The molecule has 0 bridgehead atoms. The van der Waals surface area contributed by atoms with Gasteiger partial charge in [-0.3, -0.25) is 4.79 Å². The number of halogens is 1. The van der Waals surface area contributed by atoms with E-state index in [4.69, 9.17) is 0 Å². The molecule has 0 atom stereocenters. The molecule has 0 spiro atoms. The standard InChI is InChI=1S/C23H22FN5O/c1-29-20-11-3-2-10-19(20)28-21(29)12-6-14-26-23(30)18-9-5-13-25-22(18)27-17-8-4-7-16(24)15-17/h2-5,7-11,13,15H,6,12,14H2,1H3,(H,25,27)(H,26,30). The van der Waals surface area contributed by atoms with Gasteiger partial charge < -0.3 is 15.2 Å². The number of nitrogens with zero attached hydrogens (tertiary/aromatic N) is 3. The summed E-state index contributed by atoms with van der Waals surface area (Å²) in [6, 6.07) is 17.4. The number of pyridine rings is 1. The number of aryl methyl sites for hydroxylation is 2. The molecule has 152 valence electrons. The fourth-order valence-electron chi connectivity index (χ4n) is 3.35. The van der Waals surface area contributed by atoms with Gasteiger partial charge in [0.05, 0.1) is 16.6 Å². The molecule has 2 aromatic carbocycles. The van der Waals surface area contributed by atoms with Crippen LogP contribution in [0.3, 0.4) is 0 Å². The number of aromatic nitrogens is 3. The lowest BCUT2D eigenvalue weighted by Gasteiger charge is -2.11. The fraction of sp³-hybridized carbons (Fsp3) is 0.174. The predicted molar refractivity (Wildman–Crippen MR) is 115 cm³/mol. The number of carbonyl (C=O) groups excluding carboxylic acids is 1. The van der Waals surface area contributed by atoms with Crippen molar-refractivity contribution in [2.75, 3.05) is 11.9 Å². The molecule has 0 fully saturated rings. The van der Waals surface area contributed by atoms with E-state index in [2.05, 4.69) is 25.2 Å². The maximum absolute atomic E-state index is 13.4. The Kier molecular flexibility index (Phi) is 5.70. The number of carbonyl (C=O) groups is 1. The molecule has 0 radical (unpaired) electrons. The quantitative estimate of drug-likeness (QED) is 0.454. The number of rotatable bonds is 7. The van der Waals surface area contributed by atoms with Crippen molar-refractivity contribution in [3.8, 4) is 0 Å². The molecule has 0 saturated carbocycles. The molecule has 0 unspecified atom stereocenters. The molecule has 6 nitrogen and oxygen atoms in total. The van der Waals surface area contributed by atoms with Gasteiger partial charge in [-0.2, -0.15) is 0 Å². The molecule has 1 amide bonds. The van der Waals surface area contributed by atoms with Crippen molar-refractivity contribution in [2.24, 2.45) is 7.05 Å². The Balaban J connectivity index is 1.37. The van der Waals surface area contributed by atoms with Crippen molar-refractivity contribution < 1.29 is 9.18 Å². The first-order valence-corrected chi connectivity index (χ1v) is 9.78. The van der Waals surface area contributed by atoms with Gasteiger partial charge in [0.25, 0.3) is 5.91 Å². The number of hydrogen-bond acceptors (Lipinski definition) is 4. The Hall–Kier alpha value is -3.74. The van der Waals surface area contributed by atoms with Crippen LogP contribution < -0.4 is 10.6 Å². The average molecular weight is 403 g/mol. The molecule has 7 heteroatoms. The summed E-state index contributed by atoms with van der Waals surface area (Å²) < 4.78 is 15.5. The number of hydrogen-bond donors (Lipinski definition) is 2. The summed E-state index contributed by atoms with van der Waals surface area (Å²) in [4.78, 5) is 21.5. The lowest BCUT2D eigenvalue weighted by molar-refractivity contribution is 0.0953. The highest BCUT2D eigenvalue weighted by Crippen LogP contribution is 2.19. The Bertz CT molecular complexity index is 1190. The van der Waals surface area contributed by atoms with Crippen LogP contribution in [0.15, 0.2) is 66.9 Å². The number of benzene rings is 2. The first-order chi connectivity index (χ1) is 14.6. The molecule has 2 N–H and O–H groups in total. The first-order valence-electron chi connectivity index (χ1n) is 9.78. The van der Waals surface area contributed by atoms with E-state index in [9.17, 15) is 9.18 Å². The molecule has 0 aliphatic heterocycles. The minimum absolute atomic E-state index is 0.230. The van der Waals surface area contributed by atoms with E-state index in [-0.39, 0.29) is 11.7 Å². The maximum Gasteiger partial charge on any atom is 0.255 e. The molecule has 4 rings (SSSR count). The van der Waals surface area contributed by atoms with Gasteiger partial charge >= 0.3 is 0 Å². The van der Waals surface area contributed by atoms with Crippen molar-refractivity contribution in [1.29, 1.82) is 0 Å². The number of fused-ring (bicyclic) bond motifs is 1. The summed E-state index contributed by atoms with van der Waals surface area (Å²) >= 11 is 0. The molecule has 0 aliphatic carbocycles. The third-order valence-corrected chi connectivity index (χ3v) is 4.88. The van der Waals surface area contributed by atoms with Gasteiger partial charge in [0.2, 0.25) is 0 Å². The van der Waals surface area contributed by atoms with Crippen molar-refractivity contribution >= 4 is 28.4 Å². The van der Waals surface area contributed by atoms with Crippen LogP contribution in [0.4, 0.5) is 15.9 Å². The van der Waals surface area contributed by atoms with Crippen molar-refractivity contribution in [3.05, 3.63) is 84.1 Å². The molecular formula is C23H22FN5O. The Morgan fingerprint density at radius 3 is 2.80 bits per heavy atom. The highest BCUT2D eigenvalue weighted by molar-refractivity contribution is 5.99. The SMILES string of the molecule is Cn1c(CCCNC(=O)c2cccnc2Nc2cccc(F)c2)nc2ccccc21. The van der Waals surface area contributed by atoms with Crippen molar-refractivity contribution in [3.63, 3.8) is 0 Å². The van der Waals surface area contributed by atoms with Crippen LogP contribution >= 0.6 is 0 Å². The largest absolute Gasteiger partial charge is 0.352 e. The molecule has 0 aliphatic rings. The molecule has 2 aromatic heterocycles. The zero-order chi connectivity index (χ0) is 20.9. The predicted octanol–water partition coefficient (Wildman–Crippen LogP) is 4.21. The Labute approximate surface area is 173 Å². The highest BCUT2D eigenvalue weighted by Gasteiger charge is 2.13. The number of amides is 1. The van der Waals surface area contributed by atoms with Crippen LogP contribution in [-0.4, -0.2) is 27.0 Å². The monoisotopic (exact) mass is 403 g/mol. The number of para-hydroxylation sites is 2. The van der Waals surface area contributed by atoms with Gasteiger partial charge in [0.1, 0.15) is 17.5 Å². The molecule has 4 aromatic rings. The average Bonchev–Trinajstić information content (AvgIpc) is 3.07. The lowest BCUT2D eigenvalue weighted by Crippen LogP contribution is -2.26. The Morgan fingerprint density at radius 2 is 1.97 bits per heavy atom. The molecule has 2 heterocycles. The van der Waals surface area contributed by atoms with Gasteiger partial charge in [-0.15, -0.1) is 0 Å². The van der Waals surface area contributed by atoms with Gasteiger partial charge in [-0.1, -0.05) is 18.2 Å². The van der Waals surface area contributed by atoms with Crippen LogP contribution in [-0.2, 0) is 13.5 Å². The van der Waals surface area contributed by atoms with E-state index in [0.717, 1.165) is 29.7 Å². The van der Waals surface area contributed by atoms with Crippen LogP contribution in [0.5, 0.6) is 0 Å². The van der Waals surface area contributed by atoms with E-state index in [1.54, 1.807) is 30.5 Å². The number of anilines is 2. The third kappa shape index (κ3) is 4.30. The summed E-state index contributed by atoms with van der Waals surface area (Å²) in [7, 11) is 2.00. The number of imidazole rings is 1. The van der Waals surface area contributed by atoms with E-state index in [1.807, 2.05) is 31.3 Å². The van der Waals surface area contributed by atoms with Gasteiger partial charge in [0.15, 0.2) is 0 Å². The van der Waals surface area contributed by atoms with Gasteiger partial charge in [-0.25, -0.2) is 14.4 Å². The second-order valence-electron chi connectivity index (χ2n) is 6.97. The number of nitrogens with one attached hydrogen (secondary N) is 2. The van der Waals surface area contributed by atoms with Crippen molar-refractivity contribution in [2.45, 2.75) is 12.8 Å². The second-order valence-corrected chi connectivity index (χ2v) is 6.97. The van der Waals surface area contributed by atoms with Crippen LogP contribution in [0.2, 0.25) is 0 Å². The maximum atomic E-state index is 13.4. The van der Waals surface area contributed by atoms with E-state index < -0.39 is 0 Å². The summed E-state index contributed by atoms with van der Waals surface area (Å²) in [5.74, 6) is 0.784. The van der Waals surface area contributed by atoms with Gasteiger partial charge in [-0.05, 0) is 48.9 Å². The van der Waals surface area contributed by atoms with Gasteiger partial charge in [0, 0.05) is 31.9 Å².